The summed E-state index contributed by atoms with van der Waals surface area (Å²) in [5.74, 6) is 1.35. The lowest BCUT2D eigenvalue weighted by molar-refractivity contribution is 0.199. The Kier molecular flexibility index (Phi) is 7.71. The largest absolute Gasteiger partial charge is 0.497 e. The number of tetrazole rings is 1. The number of H-pyrrole nitrogens is 1. The van der Waals surface area contributed by atoms with Gasteiger partial charge in [0.1, 0.15) is 11.8 Å². The lowest BCUT2D eigenvalue weighted by Gasteiger charge is -2.40. The molecular formula is C31H32ClN7O2. The number of anilines is 1. The molecule has 1 N–H and O–H groups in total. The third-order valence-electron chi connectivity index (χ3n) is 7.83. The molecule has 0 saturated carbocycles. The maximum absolute atomic E-state index is 13.6. The van der Waals surface area contributed by atoms with Gasteiger partial charge in [-0.25, -0.2) is 4.68 Å². The van der Waals surface area contributed by atoms with Gasteiger partial charge >= 0.3 is 0 Å². The van der Waals surface area contributed by atoms with Crippen molar-refractivity contribution in [2.75, 3.05) is 38.2 Å². The Balaban J connectivity index is 1.35. The number of methoxy groups -OCH3 is 1. The van der Waals surface area contributed by atoms with Crippen LogP contribution in [0, 0.1) is 6.92 Å². The van der Waals surface area contributed by atoms with E-state index in [9.17, 15) is 4.79 Å². The summed E-state index contributed by atoms with van der Waals surface area (Å²) in [7, 11) is 1.61. The van der Waals surface area contributed by atoms with E-state index in [0.717, 1.165) is 54.2 Å². The van der Waals surface area contributed by atoms with Gasteiger partial charge in [-0.15, -0.1) is 5.10 Å². The minimum absolute atomic E-state index is 0.165. The molecule has 1 saturated heterocycles. The number of benzene rings is 3. The highest BCUT2D eigenvalue weighted by atomic mass is 35.5. The molecule has 9 nitrogen and oxygen atoms in total. The molecule has 0 spiro atoms. The van der Waals surface area contributed by atoms with Gasteiger partial charge in [0.05, 0.1) is 12.6 Å². The predicted molar refractivity (Wildman–Crippen MR) is 161 cm³/mol. The number of fused-ring (bicyclic) bond motifs is 1. The average molecular weight is 570 g/mol. The standard InChI is InChI=1S/C31H32ClN7O2/c1-21-8-10-24(32)19-28(21)37-14-16-38(17-15-37)29(26-18-23-9-11-25(41-2)20-27(23)33-31(26)40)30-34-35-36-39(30)13-12-22-6-4-3-5-7-22/h3-11,18-20,29H,12-17H2,1-2H3,(H,33,40)/t29-/m1/s1. The number of hydrogen-bond acceptors (Lipinski definition) is 7. The number of piperazine rings is 1. The number of pyridine rings is 1. The van der Waals surface area contributed by atoms with Crippen molar-refractivity contribution in [1.82, 2.24) is 30.1 Å². The molecule has 6 rings (SSSR count). The number of rotatable bonds is 8. The predicted octanol–water partition coefficient (Wildman–Crippen LogP) is 4.64. The summed E-state index contributed by atoms with van der Waals surface area (Å²) in [6.45, 7) is 5.72. The van der Waals surface area contributed by atoms with Gasteiger partial charge < -0.3 is 14.6 Å². The molecule has 0 amide bonds. The highest BCUT2D eigenvalue weighted by Crippen LogP contribution is 2.31. The van der Waals surface area contributed by atoms with E-state index in [4.69, 9.17) is 16.3 Å². The van der Waals surface area contributed by atoms with E-state index >= 15 is 0 Å². The van der Waals surface area contributed by atoms with Crippen LogP contribution < -0.4 is 15.2 Å². The van der Waals surface area contributed by atoms with E-state index in [1.165, 1.54) is 11.1 Å². The Labute approximate surface area is 243 Å². The second-order valence-corrected chi connectivity index (χ2v) is 10.8. The number of aryl methyl sites for hydroxylation is 3. The van der Waals surface area contributed by atoms with Crippen LogP contribution in [-0.4, -0.2) is 63.4 Å². The van der Waals surface area contributed by atoms with Gasteiger partial charge in [0.25, 0.3) is 5.56 Å². The first-order chi connectivity index (χ1) is 20.0. The van der Waals surface area contributed by atoms with Crippen molar-refractivity contribution in [2.24, 2.45) is 0 Å². The lowest BCUT2D eigenvalue weighted by atomic mass is 10.0. The molecule has 1 atom stereocenters. The highest BCUT2D eigenvalue weighted by molar-refractivity contribution is 6.30. The first kappa shape index (κ1) is 27.0. The van der Waals surface area contributed by atoms with Crippen molar-refractivity contribution in [3.05, 3.63) is 111 Å². The van der Waals surface area contributed by atoms with Gasteiger partial charge in [0.2, 0.25) is 0 Å². The molecule has 1 aliphatic rings. The number of halogens is 1. The number of nitrogens with zero attached hydrogens (tertiary/aromatic N) is 6. The molecule has 0 bridgehead atoms. The fourth-order valence-electron chi connectivity index (χ4n) is 5.62. The Hall–Kier alpha value is -4.21. The smallest absolute Gasteiger partial charge is 0.253 e. The molecular weight excluding hydrogens is 538 g/mol. The van der Waals surface area contributed by atoms with Gasteiger partial charge in [0.15, 0.2) is 5.82 Å². The number of hydrogen-bond donors (Lipinski definition) is 1. The highest BCUT2D eigenvalue weighted by Gasteiger charge is 2.33. The maximum Gasteiger partial charge on any atom is 0.253 e. The summed E-state index contributed by atoms with van der Waals surface area (Å²) in [4.78, 5) is 21.4. The zero-order valence-corrected chi connectivity index (χ0v) is 23.9. The molecule has 41 heavy (non-hydrogen) atoms. The van der Waals surface area contributed by atoms with Crippen LogP contribution in [0.1, 0.15) is 28.6 Å². The molecule has 1 fully saturated rings. The monoisotopic (exact) mass is 569 g/mol. The van der Waals surface area contributed by atoms with E-state index in [1.807, 2.05) is 59.3 Å². The molecule has 1 aliphatic heterocycles. The molecule has 0 unspecified atom stereocenters. The van der Waals surface area contributed by atoms with Crippen LogP contribution in [0.5, 0.6) is 5.75 Å². The molecule has 3 aromatic carbocycles. The van der Waals surface area contributed by atoms with Crippen LogP contribution in [-0.2, 0) is 13.0 Å². The van der Waals surface area contributed by atoms with Crippen LogP contribution in [0.2, 0.25) is 5.02 Å². The van der Waals surface area contributed by atoms with Gasteiger partial charge in [-0.05, 0) is 70.6 Å². The fraction of sp³-hybridized carbons (Fsp3) is 0.290. The summed E-state index contributed by atoms with van der Waals surface area (Å²) in [6.07, 6.45) is 0.779. The van der Waals surface area contributed by atoms with Crippen LogP contribution in [0.25, 0.3) is 10.9 Å². The Bertz CT molecular complexity index is 1710. The molecule has 210 valence electrons. The molecule has 0 aliphatic carbocycles. The van der Waals surface area contributed by atoms with E-state index in [1.54, 1.807) is 7.11 Å². The van der Waals surface area contributed by atoms with E-state index in [2.05, 4.69) is 55.4 Å². The van der Waals surface area contributed by atoms with Crippen molar-refractivity contribution in [3.63, 3.8) is 0 Å². The van der Waals surface area contributed by atoms with E-state index in [0.29, 0.717) is 23.7 Å². The Morgan fingerprint density at radius 1 is 1.00 bits per heavy atom. The molecule has 3 heterocycles. The third-order valence-corrected chi connectivity index (χ3v) is 8.06. The van der Waals surface area contributed by atoms with Crippen molar-refractivity contribution < 1.29 is 4.74 Å². The van der Waals surface area contributed by atoms with Crippen molar-refractivity contribution in [2.45, 2.75) is 25.9 Å². The maximum atomic E-state index is 13.6. The summed E-state index contributed by atoms with van der Waals surface area (Å²) in [6, 6.07) is 23.5. The number of nitrogens with one attached hydrogen (secondary N) is 1. The van der Waals surface area contributed by atoms with Gasteiger partial charge in [-0.3, -0.25) is 9.69 Å². The summed E-state index contributed by atoms with van der Waals surface area (Å²) in [5, 5.41) is 14.5. The van der Waals surface area contributed by atoms with Crippen molar-refractivity contribution in [3.8, 4) is 5.75 Å². The second kappa shape index (κ2) is 11.7. The first-order valence-electron chi connectivity index (χ1n) is 13.8. The molecule has 0 radical (unpaired) electrons. The number of ether oxygens (including phenoxy) is 1. The second-order valence-electron chi connectivity index (χ2n) is 10.4. The van der Waals surface area contributed by atoms with Crippen LogP contribution >= 0.6 is 11.6 Å². The van der Waals surface area contributed by atoms with Crippen LogP contribution in [0.15, 0.2) is 77.6 Å². The van der Waals surface area contributed by atoms with Gasteiger partial charge in [0, 0.05) is 55.1 Å². The molecule has 2 aromatic heterocycles. The number of aromatic nitrogens is 5. The summed E-state index contributed by atoms with van der Waals surface area (Å²) < 4.78 is 7.20. The Morgan fingerprint density at radius 2 is 1.80 bits per heavy atom. The topological polar surface area (TPSA) is 92.2 Å². The van der Waals surface area contributed by atoms with Gasteiger partial charge in [-0.2, -0.15) is 0 Å². The minimum Gasteiger partial charge on any atom is -0.497 e. The fourth-order valence-corrected chi connectivity index (χ4v) is 5.78. The van der Waals surface area contributed by atoms with E-state index in [-0.39, 0.29) is 5.56 Å². The zero-order chi connectivity index (χ0) is 28.3. The number of aromatic amines is 1. The Morgan fingerprint density at radius 3 is 2.59 bits per heavy atom. The van der Waals surface area contributed by atoms with Crippen LogP contribution in [0.4, 0.5) is 5.69 Å². The zero-order valence-electron chi connectivity index (χ0n) is 23.1. The third kappa shape index (κ3) is 5.68. The van der Waals surface area contributed by atoms with Gasteiger partial charge in [-0.1, -0.05) is 48.0 Å². The average Bonchev–Trinajstić information content (AvgIpc) is 3.46. The molecule has 10 heteroatoms. The summed E-state index contributed by atoms with van der Waals surface area (Å²) >= 11 is 6.33. The van der Waals surface area contributed by atoms with Crippen molar-refractivity contribution in [1.29, 1.82) is 0 Å². The lowest BCUT2D eigenvalue weighted by Crippen LogP contribution is -2.49. The van der Waals surface area contributed by atoms with Crippen LogP contribution in [0.3, 0.4) is 0 Å². The minimum atomic E-state index is -0.418. The first-order valence-corrected chi connectivity index (χ1v) is 14.1. The SMILES string of the molecule is COc1ccc2cc([C@H](c3nnnn3CCc3ccccc3)N3CCN(c4cc(Cl)ccc4C)CC3)c(=O)[nH]c2c1. The van der Waals surface area contributed by atoms with E-state index < -0.39 is 6.04 Å². The molecule has 5 aromatic rings. The quantitative estimate of drug-likeness (QED) is 0.291. The normalized spacial score (nSPS) is 14.9. The summed E-state index contributed by atoms with van der Waals surface area (Å²) in [5.41, 5.74) is 4.70. The van der Waals surface area contributed by atoms with Crippen molar-refractivity contribution >= 4 is 28.2 Å².